The van der Waals surface area contributed by atoms with Gasteiger partial charge in [0.1, 0.15) is 0 Å². The van der Waals surface area contributed by atoms with Crippen LogP contribution >= 0.6 is 0 Å². The van der Waals surface area contributed by atoms with Gasteiger partial charge in [-0.05, 0) is 51.5 Å². The van der Waals surface area contributed by atoms with Crippen molar-refractivity contribution in [1.29, 1.82) is 0 Å². The standard InChI is InChI=1S/C16H31NO/c1-14-8-10-16(11-9-14)18-13-12-17(2)15-6-4-3-5-7-15/h14-16H,3-13H2,1-2H3. The average Bonchev–Trinajstić information content (AvgIpc) is 2.42. The molecule has 2 aliphatic rings. The fourth-order valence-corrected chi connectivity index (χ4v) is 3.46. The van der Waals surface area contributed by atoms with Gasteiger partial charge in [-0.25, -0.2) is 0 Å². The molecule has 0 saturated heterocycles. The fraction of sp³-hybridized carbons (Fsp3) is 1.00. The van der Waals surface area contributed by atoms with Gasteiger partial charge in [0.05, 0.1) is 12.7 Å². The lowest BCUT2D eigenvalue weighted by Gasteiger charge is -2.32. The molecule has 0 aromatic rings. The molecule has 2 heteroatoms. The molecule has 0 aliphatic heterocycles. The minimum absolute atomic E-state index is 0.556. The number of nitrogens with zero attached hydrogens (tertiary/aromatic N) is 1. The van der Waals surface area contributed by atoms with Gasteiger partial charge < -0.3 is 9.64 Å². The first-order chi connectivity index (χ1) is 8.75. The van der Waals surface area contributed by atoms with E-state index in [4.69, 9.17) is 4.74 Å². The smallest absolute Gasteiger partial charge is 0.0597 e. The van der Waals surface area contributed by atoms with Crippen molar-refractivity contribution in [2.45, 2.75) is 76.9 Å². The minimum Gasteiger partial charge on any atom is -0.377 e. The molecule has 2 nitrogen and oxygen atoms in total. The molecule has 0 unspecified atom stereocenters. The maximum absolute atomic E-state index is 6.05. The number of rotatable bonds is 5. The highest BCUT2D eigenvalue weighted by Crippen LogP contribution is 2.25. The molecule has 0 bridgehead atoms. The average molecular weight is 253 g/mol. The second kappa shape index (κ2) is 7.49. The van der Waals surface area contributed by atoms with Gasteiger partial charge in [-0.3, -0.25) is 0 Å². The van der Waals surface area contributed by atoms with E-state index in [2.05, 4.69) is 18.9 Å². The first-order valence-corrected chi connectivity index (χ1v) is 8.07. The Morgan fingerprint density at radius 2 is 1.61 bits per heavy atom. The molecule has 18 heavy (non-hydrogen) atoms. The molecule has 2 fully saturated rings. The Bertz CT molecular complexity index is 217. The number of ether oxygens (including phenoxy) is 1. The summed E-state index contributed by atoms with van der Waals surface area (Å²) >= 11 is 0. The lowest BCUT2D eigenvalue weighted by Crippen LogP contribution is -2.36. The van der Waals surface area contributed by atoms with Crippen LogP contribution in [0.15, 0.2) is 0 Å². The molecule has 2 saturated carbocycles. The first-order valence-electron chi connectivity index (χ1n) is 8.07. The van der Waals surface area contributed by atoms with Crippen LogP contribution in [0, 0.1) is 5.92 Å². The predicted molar refractivity (Wildman–Crippen MR) is 76.9 cm³/mol. The summed E-state index contributed by atoms with van der Waals surface area (Å²) in [6, 6.07) is 0.828. The topological polar surface area (TPSA) is 12.5 Å². The van der Waals surface area contributed by atoms with Gasteiger partial charge in [0.2, 0.25) is 0 Å². The van der Waals surface area contributed by atoms with Crippen LogP contribution in [0.25, 0.3) is 0 Å². The summed E-state index contributed by atoms with van der Waals surface area (Å²) in [5.74, 6) is 0.926. The zero-order chi connectivity index (χ0) is 12.8. The van der Waals surface area contributed by atoms with E-state index < -0.39 is 0 Å². The van der Waals surface area contributed by atoms with Gasteiger partial charge in [-0.15, -0.1) is 0 Å². The summed E-state index contributed by atoms with van der Waals surface area (Å²) in [4.78, 5) is 2.53. The van der Waals surface area contributed by atoms with Crippen molar-refractivity contribution < 1.29 is 4.74 Å². The van der Waals surface area contributed by atoms with E-state index in [0.717, 1.165) is 25.1 Å². The largest absolute Gasteiger partial charge is 0.377 e. The Hall–Kier alpha value is -0.0800. The van der Waals surface area contributed by atoms with Crippen molar-refractivity contribution in [3.05, 3.63) is 0 Å². The van der Waals surface area contributed by atoms with Gasteiger partial charge in [0.15, 0.2) is 0 Å². The predicted octanol–water partition coefficient (Wildman–Crippen LogP) is 3.85. The van der Waals surface area contributed by atoms with E-state index in [1.807, 2.05) is 0 Å². The summed E-state index contributed by atoms with van der Waals surface area (Å²) in [6.07, 6.45) is 13.0. The Morgan fingerprint density at radius 1 is 0.944 bits per heavy atom. The summed E-state index contributed by atoms with van der Waals surface area (Å²) in [6.45, 7) is 4.43. The molecule has 0 spiro atoms. The van der Waals surface area contributed by atoms with Crippen LogP contribution in [0.2, 0.25) is 0 Å². The van der Waals surface area contributed by atoms with E-state index in [0.29, 0.717) is 6.10 Å². The third-order valence-corrected chi connectivity index (χ3v) is 4.96. The van der Waals surface area contributed by atoms with Crippen LogP contribution in [0.5, 0.6) is 0 Å². The Labute approximate surface area is 113 Å². The Morgan fingerprint density at radius 3 is 2.28 bits per heavy atom. The van der Waals surface area contributed by atoms with Gasteiger partial charge in [-0.2, -0.15) is 0 Å². The summed E-state index contributed by atoms with van der Waals surface area (Å²) in [5.41, 5.74) is 0. The van der Waals surface area contributed by atoms with Crippen LogP contribution in [0.4, 0.5) is 0 Å². The van der Waals surface area contributed by atoms with E-state index >= 15 is 0 Å². The second-order valence-electron chi connectivity index (χ2n) is 6.53. The normalized spacial score (nSPS) is 30.8. The van der Waals surface area contributed by atoms with Crippen molar-refractivity contribution in [2.75, 3.05) is 20.2 Å². The lowest BCUT2D eigenvalue weighted by molar-refractivity contribution is 0.00529. The Kier molecular flexibility index (Phi) is 5.97. The molecule has 2 aliphatic carbocycles. The van der Waals surface area contributed by atoms with Crippen LogP contribution in [0.1, 0.15) is 64.7 Å². The molecule has 0 heterocycles. The minimum atomic E-state index is 0.556. The summed E-state index contributed by atoms with van der Waals surface area (Å²) < 4.78 is 6.05. The van der Waals surface area contributed by atoms with E-state index in [1.165, 1.54) is 57.8 Å². The monoisotopic (exact) mass is 253 g/mol. The molecule has 0 N–H and O–H groups in total. The van der Waals surface area contributed by atoms with Crippen LogP contribution in [-0.4, -0.2) is 37.2 Å². The molecule has 0 atom stereocenters. The fourth-order valence-electron chi connectivity index (χ4n) is 3.46. The zero-order valence-corrected chi connectivity index (χ0v) is 12.4. The lowest BCUT2D eigenvalue weighted by atomic mass is 9.89. The zero-order valence-electron chi connectivity index (χ0n) is 12.4. The summed E-state index contributed by atoms with van der Waals surface area (Å²) in [7, 11) is 2.28. The van der Waals surface area contributed by atoms with Crippen LogP contribution in [0.3, 0.4) is 0 Å². The maximum atomic E-state index is 6.05. The quantitative estimate of drug-likeness (QED) is 0.738. The highest BCUT2D eigenvalue weighted by molar-refractivity contribution is 4.74. The molecular weight excluding hydrogens is 222 g/mol. The van der Waals surface area contributed by atoms with Crippen molar-refractivity contribution in [1.82, 2.24) is 4.90 Å². The third kappa shape index (κ3) is 4.55. The highest BCUT2D eigenvalue weighted by Gasteiger charge is 2.20. The molecule has 0 aromatic carbocycles. The van der Waals surface area contributed by atoms with Crippen LogP contribution < -0.4 is 0 Å². The number of hydrogen-bond donors (Lipinski definition) is 0. The van der Waals surface area contributed by atoms with Gasteiger partial charge >= 0.3 is 0 Å². The van der Waals surface area contributed by atoms with Crippen molar-refractivity contribution in [2.24, 2.45) is 5.92 Å². The molecule has 106 valence electrons. The van der Waals surface area contributed by atoms with E-state index in [-0.39, 0.29) is 0 Å². The third-order valence-electron chi connectivity index (χ3n) is 4.96. The first kappa shape index (κ1) is 14.3. The second-order valence-corrected chi connectivity index (χ2v) is 6.53. The maximum Gasteiger partial charge on any atom is 0.0597 e. The van der Waals surface area contributed by atoms with Gasteiger partial charge in [0, 0.05) is 12.6 Å². The van der Waals surface area contributed by atoms with Crippen molar-refractivity contribution >= 4 is 0 Å². The highest BCUT2D eigenvalue weighted by atomic mass is 16.5. The molecule has 0 amide bonds. The van der Waals surface area contributed by atoms with Gasteiger partial charge in [0.25, 0.3) is 0 Å². The SMILES string of the molecule is CC1CCC(OCCN(C)C2CCCCC2)CC1. The molecule has 0 aromatic heterocycles. The van der Waals surface area contributed by atoms with Crippen molar-refractivity contribution in [3.63, 3.8) is 0 Å². The molecule has 0 radical (unpaired) electrons. The van der Waals surface area contributed by atoms with E-state index in [9.17, 15) is 0 Å². The van der Waals surface area contributed by atoms with Gasteiger partial charge in [-0.1, -0.05) is 26.2 Å². The molecular formula is C16H31NO. The van der Waals surface area contributed by atoms with Crippen molar-refractivity contribution in [3.8, 4) is 0 Å². The number of likely N-dealkylation sites (N-methyl/N-ethyl adjacent to an activating group) is 1. The summed E-state index contributed by atoms with van der Waals surface area (Å²) in [5, 5.41) is 0. The molecule has 2 rings (SSSR count). The van der Waals surface area contributed by atoms with Crippen LogP contribution in [-0.2, 0) is 4.74 Å². The number of hydrogen-bond acceptors (Lipinski definition) is 2. The van der Waals surface area contributed by atoms with E-state index in [1.54, 1.807) is 0 Å². The Balaban J connectivity index is 1.56.